The van der Waals surface area contributed by atoms with E-state index in [1.54, 1.807) is 13.0 Å². The van der Waals surface area contributed by atoms with Crippen LogP contribution in [0.25, 0.3) is 0 Å². The van der Waals surface area contributed by atoms with E-state index in [9.17, 15) is 9.18 Å². The number of hydrogen-bond donors (Lipinski definition) is 0. The average molecular weight is 392 g/mol. The third-order valence-electron chi connectivity index (χ3n) is 3.26. The predicted molar refractivity (Wildman–Crippen MR) is 96.3 cm³/mol. The van der Waals surface area contributed by atoms with Gasteiger partial charge in [0.2, 0.25) is 0 Å². The summed E-state index contributed by atoms with van der Waals surface area (Å²) in [7, 11) is 2.02. The minimum absolute atomic E-state index is 0.0118. The van der Waals surface area contributed by atoms with Crippen molar-refractivity contribution in [1.82, 2.24) is 0 Å². The highest BCUT2D eigenvalue weighted by Crippen LogP contribution is 2.29. The fourth-order valence-electron chi connectivity index (χ4n) is 2.31. The fraction of sp³-hybridized carbons (Fsp3) is 0.278. The van der Waals surface area contributed by atoms with Crippen molar-refractivity contribution in [3.8, 4) is 11.5 Å². The first-order chi connectivity index (χ1) is 11.5. The molecule has 0 bridgehead atoms. The number of rotatable bonds is 7. The maximum atomic E-state index is 13.8. The van der Waals surface area contributed by atoms with Gasteiger partial charge in [-0.15, -0.1) is 0 Å². The Balaban J connectivity index is 2.23. The van der Waals surface area contributed by atoms with Crippen molar-refractivity contribution in [2.75, 3.05) is 6.61 Å². The molecule has 2 aromatic carbocycles. The zero-order valence-corrected chi connectivity index (χ0v) is 15.2. The maximum Gasteiger partial charge on any atom is 0.310 e. The van der Waals surface area contributed by atoms with Crippen LogP contribution in [-0.2, 0) is 22.3 Å². The van der Waals surface area contributed by atoms with Crippen LogP contribution in [0.2, 0.25) is 6.82 Å². The van der Waals surface area contributed by atoms with E-state index >= 15 is 0 Å². The van der Waals surface area contributed by atoms with Gasteiger partial charge < -0.3 is 9.47 Å². The Labute approximate surface area is 150 Å². The van der Waals surface area contributed by atoms with E-state index in [2.05, 4.69) is 15.9 Å². The third-order valence-corrected chi connectivity index (χ3v) is 3.75. The zero-order chi connectivity index (χ0) is 17.5. The molecule has 1 radical (unpaired) electrons. The van der Waals surface area contributed by atoms with Gasteiger partial charge in [-0.25, -0.2) is 4.39 Å². The van der Waals surface area contributed by atoms with Crippen LogP contribution in [0, 0.1) is 5.82 Å². The molecule has 0 amide bonds. The molecule has 0 aromatic heterocycles. The maximum absolute atomic E-state index is 13.8. The van der Waals surface area contributed by atoms with Gasteiger partial charge in [-0.05, 0) is 48.4 Å². The summed E-state index contributed by atoms with van der Waals surface area (Å²) in [6.45, 7) is 4.00. The lowest BCUT2D eigenvalue weighted by Gasteiger charge is -2.12. The SMILES string of the molecule is C[B]Cc1cc(Br)ccc1Oc1cc(F)cc(CC(=O)OCC)c1. The lowest BCUT2D eigenvalue weighted by Crippen LogP contribution is -2.07. The van der Waals surface area contributed by atoms with Crippen molar-refractivity contribution in [2.24, 2.45) is 0 Å². The smallest absolute Gasteiger partial charge is 0.310 e. The molecule has 0 saturated heterocycles. The van der Waals surface area contributed by atoms with E-state index in [4.69, 9.17) is 9.47 Å². The highest BCUT2D eigenvalue weighted by Gasteiger charge is 2.10. The van der Waals surface area contributed by atoms with Gasteiger partial charge in [0.15, 0.2) is 0 Å². The van der Waals surface area contributed by atoms with Crippen molar-refractivity contribution < 1.29 is 18.7 Å². The molecule has 0 aliphatic carbocycles. The van der Waals surface area contributed by atoms with Crippen LogP contribution < -0.4 is 4.74 Å². The lowest BCUT2D eigenvalue weighted by molar-refractivity contribution is -0.142. The standard InChI is InChI=1S/C18H18BBrFO3/c1-3-23-18(22)8-12-6-15(21)10-16(7-12)24-17-5-4-14(20)9-13(17)11-19-2/h4-7,9-10H,3,8,11H2,1-2H3. The van der Waals surface area contributed by atoms with E-state index in [-0.39, 0.29) is 12.4 Å². The van der Waals surface area contributed by atoms with Gasteiger partial charge in [-0.3, -0.25) is 4.79 Å². The molecule has 0 aliphatic rings. The summed E-state index contributed by atoms with van der Waals surface area (Å²) >= 11 is 3.44. The molecule has 24 heavy (non-hydrogen) atoms. The van der Waals surface area contributed by atoms with Crippen LogP contribution in [0.4, 0.5) is 4.39 Å². The second kappa shape index (κ2) is 8.88. The van der Waals surface area contributed by atoms with Crippen LogP contribution in [0.1, 0.15) is 18.1 Å². The van der Waals surface area contributed by atoms with Gasteiger partial charge in [0, 0.05) is 10.5 Å². The summed E-state index contributed by atoms with van der Waals surface area (Å²) in [5.74, 6) is 0.171. The molecule has 0 atom stereocenters. The highest BCUT2D eigenvalue weighted by molar-refractivity contribution is 9.10. The molecule has 0 heterocycles. The summed E-state index contributed by atoms with van der Waals surface area (Å²) in [6, 6.07) is 9.93. The van der Waals surface area contributed by atoms with Crippen LogP contribution >= 0.6 is 15.9 Å². The Morgan fingerprint density at radius 1 is 1.25 bits per heavy atom. The minimum Gasteiger partial charge on any atom is -0.466 e. The molecule has 0 aliphatic heterocycles. The van der Waals surface area contributed by atoms with E-state index in [0.717, 1.165) is 16.4 Å². The van der Waals surface area contributed by atoms with Crippen LogP contribution in [0.3, 0.4) is 0 Å². The molecule has 0 saturated carbocycles. The van der Waals surface area contributed by atoms with Gasteiger partial charge >= 0.3 is 5.97 Å². The average Bonchev–Trinajstić information content (AvgIpc) is 2.50. The molecule has 0 fully saturated rings. The minimum atomic E-state index is -0.451. The molecule has 0 N–H and O–H groups in total. The van der Waals surface area contributed by atoms with Crippen LogP contribution in [0.5, 0.6) is 11.5 Å². The van der Waals surface area contributed by atoms with E-state index in [1.807, 2.05) is 32.3 Å². The summed E-state index contributed by atoms with van der Waals surface area (Å²) in [5, 5.41) is 0. The van der Waals surface area contributed by atoms with Crippen molar-refractivity contribution >= 4 is 29.2 Å². The predicted octanol–water partition coefficient (Wildman–Crippen LogP) is 4.74. The van der Waals surface area contributed by atoms with Crippen molar-refractivity contribution in [1.29, 1.82) is 0 Å². The van der Waals surface area contributed by atoms with Crippen LogP contribution in [0.15, 0.2) is 40.9 Å². The third kappa shape index (κ3) is 5.37. The Morgan fingerprint density at radius 3 is 2.75 bits per heavy atom. The molecule has 2 rings (SSSR count). The van der Waals surface area contributed by atoms with Crippen molar-refractivity contribution in [2.45, 2.75) is 26.5 Å². The number of esters is 1. The molecular formula is C18H18BBrFO3. The number of carbonyl (C=O) groups is 1. The number of halogens is 2. The number of hydrogen-bond acceptors (Lipinski definition) is 3. The normalized spacial score (nSPS) is 10.3. The lowest BCUT2D eigenvalue weighted by atomic mass is 9.75. The molecule has 2 aromatic rings. The quantitative estimate of drug-likeness (QED) is 0.505. The zero-order valence-electron chi connectivity index (χ0n) is 13.6. The molecule has 6 heteroatoms. The van der Waals surface area contributed by atoms with Gasteiger partial charge in [-0.2, -0.15) is 0 Å². The molecule has 0 spiro atoms. The molecule has 125 valence electrons. The first-order valence-corrected chi connectivity index (χ1v) is 8.50. The van der Waals surface area contributed by atoms with E-state index in [0.29, 0.717) is 23.7 Å². The second-order valence-corrected chi connectivity index (χ2v) is 6.16. The highest BCUT2D eigenvalue weighted by atomic mass is 79.9. The monoisotopic (exact) mass is 391 g/mol. The molecule has 0 unspecified atom stereocenters. The van der Waals surface area contributed by atoms with Crippen LogP contribution in [-0.4, -0.2) is 19.9 Å². The Hall–Kier alpha value is -1.82. The first kappa shape index (κ1) is 18.5. The number of benzene rings is 2. The molecular weight excluding hydrogens is 374 g/mol. The second-order valence-electron chi connectivity index (χ2n) is 5.24. The summed E-state index contributed by atoms with van der Waals surface area (Å²) in [5.41, 5.74) is 1.51. The van der Waals surface area contributed by atoms with Gasteiger partial charge in [0.05, 0.1) is 13.0 Å². The van der Waals surface area contributed by atoms with E-state index in [1.165, 1.54) is 12.1 Å². The Bertz CT molecular complexity index is 721. The van der Waals surface area contributed by atoms with Crippen molar-refractivity contribution in [3.05, 3.63) is 57.8 Å². The number of ether oxygens (including phenoxy) is 2. The van der Waals surface area contributed by atoms with Gasteiger partial charge in [0.1, 0.15) is 24.6 Å². The Kier molecular flexibility index (Phi) is 6.85. The summed E-state index contributed by atoms with van der Waals surface area (Å²) in [4.78, 5) is 11.6. The van der Waals surface area contributed by atoms with Crippen molar-refractivity contribution in [3.63, 3.8) is 0 Å². The molecule has 3 nitrogen and oxygen atoms in total. The Morgan fingerprint density at radius 2 is 2.04 bits per heavy atom. The van der Waals surface area contributed by atoms with Gasteiger partial charge in [-0.1, -0.05) is 29.1 Å². The first-order valence-electron chi connectivity index (χ1n) is 7.71. The topological polar surface area (TPSA) is 35.5 Å². The number of carbonyl (C=O) groups excluding carboxylic acids is 1. The van der Waals surface area contributed by atoms with Gasteiger partial charge in [0.25, 0.3) is 0 Å². The van der Waals surface area contributed by atoms with E-state index < -0.39 is 5.82 Å². The largest absolute Gasteiger partial charge is 0.466 e. The summed E-state index contributed by atoms with van der Waals surface area (Å²) in [6.07, 6.45) is 0.748. The summed E-state index contributed by atoms with van der Waals surface area (Å²) < 4.78 is 25.5. The fourth-order valence-corrected chi connectivity index (χ4v) is 2.72.